The normalized spacial score (nSPS) is 22.4. The van der Waals surface area contributed by atoms with Crippen molar-refractivity contribution in [2.24, 2.45) is 0 Å². The van der Waals surface area contributed by atoms with Crippen molar-refractivity contribution < 1.29 is 13.2 Å². The van der Waals surface area contributed by atoms with E-state index in [9.17, 15) is 8.42 Å². The first kappa shape index (κ1) is 12.1. The monoisotopic (exact) mass is 257 g/mol. The van der Waals surface area contributed by atoms with E-state index in [-0.39, 0.29) is 17.5 Å². The molecule has 1 saturated heterocycles. The molecule has 0 aliphatic carbocycles. The van der Waals surface area contributed by atoms with Crippen LogP contribution in [0.3, 0.4) is 0 Å². The van der Waals surface area contributed by atoms with Crippen molar-refractivity contribution in [2.75, 3.05) is 23.9 Å². The molecule has 1 aromatic heterocycles. The van der Waals surface area contributed by atoms with Crippen LogP contribution < -0.4 is 10.1 Å². The highest BCUT2D eigenvalue weighted by atomic mass is 32.2. The van der Waals surface area contributed by atoms with Gasteiger partial charge < -0.3 is 10.1 Å². The molecule has 0 amide bonds. The molecule has 7 heteroatoms. The summed E-state index contributed by atoms with van der Waals surface area (Å²) in [5.74, 6) is 1.55. The Morgan fingerprint density at radius 2 is 2.24 bits per heavy atom. The van der Waals surface area contributed by atoms with Gasteiger partial charge in [0.2, 0.25) is 5.88 Å². The van der Waals surface area contributed by atoms with E-state index in [0.717, 1.165) is 5.56 Å². The van der Waals surface area contributed by atoms with Crippen LogP contribution in [0.4, 0.5) is 5.82 Å². The molecule has 0 bridgehead atoms. The van der Waals surface area contributed by atoms with E-state index in [1.165, 1.54) is 6.33 Å². The minimum atomic E-state index is -2.88. The van der Waals surface area contributed by atoms with Crippen molar-refractivity contribution in [1.82, 2.24) is 9.97 Å². The van der Waals surface area contributed by atoms with Crippen LogP contribution >= 0.6 is 0 Å². The Balaban J connectivity index is 2.15. The summed E-state index contributed by atoms with van der Waals surface area (Å²) >= 11 is 0. The average Bonchev–Trinajstić information content (AvgIpc) is 2.61. The van der Waals surface area contributed by atoms with Crippen molar-refractivity contribution >= 4 is 15.7 Å². The summed E-state index contributed by atoms with van der Waals surface area (Å²) in [6.07, 6.45) is 2.02. The quantitative estimate of drug-likeness (QED) is 0.843. The minimum absolute atomic E-state index is 0.0710. The molecular formula is C10H15N3O3S. The third-order valence-corrected chi connectivity index (χ3v) is 4.57. The summed E-state index contributed by atoms with van der Waals surface area (Å²) in [5, 5.41) is 3.13. The van der Waals surface area contributed by atoms with Gasteiger partial charge in [-0.1, -0.05) is 0 Å². The molecule has 0 aromatic carbocycles. The average molecular weight is 257 g/mol. The van der Waals surface area contributed by atoms with E-state index in [1.54, 1.807) is 7.11 Å². The van der Waals surface area contributed by atoms with Gasteiger partial charge in [-0.05, 0) is 13.3 Å². The summed E-state index contributed by atoms with van der Waals surface area (Å²) in [7, 11) is -1.34. The molecule has 1 atom stereocenters. The first-order chi connectivity index (χ1) is 8.02. The van der Waals surface area contributed by atoms with Gasteiger partial charge in [0.15, 0.2) is 9.84 Å². The zero-order chi connectivity index (χ0) is 12.5. The number of rotatable bonds is 3. The van der Waals surface area contributed by atoms with Crippen LogP contribution in [0.5, 0.6) is 5.88 Å². The zero-order valence-corrected chi connectivity index (χ0v) is 10.6. The summed E-state index contributed by atoms with van der Waals surface area (Å²) in [4.78, 5) is 8.07. The van der Waals surface area contributed by atoms with Crippen molar-refractivity contribution in [1.29, 1.82) is 0 Å². The van der Waals surface area contributed by atoms with Gasteiger partial charge in [-0.15, -0.1) is 0 Å². The van der Waals surface area contributed by atoms with Gasteiger partial charge in [0.1, 0.15) is 12.1 Å². The zero-order valence-electron chi connectivity index (χ0n) is 9.80. The highest BCUT2D eigenvalue weighted by Gasteiger charge is 2.28. The maximum Gasteiger partial charge on any atom is 0.221 e. The Bertz CT molecular complexity index is 516. The fourth-order valence-corrected chi connectivity index (χ4v) is 3.56. The first-order valence-corrected chi connectivity index (χ1v) is 7.16. The summed E-state index contributed by atoms with van der Waals surface area (Å²) < 4.78 is 27.8. The van der Waals surface area contributed by atoms with Crippen molar-refractivity contribution in [3.8, 4) is 5.88 Å². The Kier molecular flexibility index (Phi) is 3.19. The summed E-state index contributed by atoms with van der Waals surface area (Å²) in [5.41, 5.74) is 0.791. The predicted octanol–water partition coefficient (Wildman–Crippen LogP) is 0.393. The smallest absolute Gasteiger partial charge is 0.221 e. The molecule has 0 spiro atoms. The molecule has 1 aliphatic rings. The lowest BCUT2D eigenvalue weighted by Gasteiger charge is -2.14. The molecule has 2 heterocycles. The molecule has 94 valence electrons. The second kappa shape index (κ2) is 4.48. The highest BCUT2D eigenvalue weighted by Crippen LogP contribution is 2.23. The molecule has 1 fully saturated rings. The Labute approximate surface area is 100 Å². The molecule has 2 rings (SSSR count). The Morgan fingerprint density at radius 3 is 2.82 bits per heavy atom. The lowest BCUT2D eigenvalue weighted by Crippen LogP contribution is -2.22. The first-order valence-electron chi connectivity index (χ1n) is 5.34. The second-order valence-corrected chi connectivity index (χ2v) is 6.33. The number of hydrogen-bond acceptors (Lipinski definition) is 6. The maximum absolute atomic E-state index is 11.3. The summed E-state index contributed by atoms with van der Waals surface area (Å²) in [6, 6.07) is -0.0710. The van der Waals surface area contributed by atoms with Gasteiger partial charge in [0, 0.05) is 6.04 Å². The molecule has 1 N–H and O–H groups in total. The maximum atomic E-state index is 11.3. The van der Waals surface area contributed by atoms with Gasteiger partial charge in [-0.25, -0.2) is 18.4 Å². The van der Waals surface area contributed by atoms with E-state index in [1.807, 2.05) is 6.92 Å². The second-order valence-electron chi connectivity index (χ2n) is 4.10. The van der Waals surface area contributed by atoms with Gasteiger partial charge in [-0.2, -0.15) is 0 Å². The van der Waals surface area contributed by atoms with Crippen LogP contribution in [0.2, 0.25) is 0 Å². The van der Waals surface area contributed by atoms with Gasteiger partial charge in [-0.3, -0.25) is 0 Å². The highest BCUT2D eigenvalue weighted by molar-refractivity contribution is 7.91. The molecule has 1 aliphatic heterocycles. The molecular weight excluding hydrogens is 242 g/mol. The number of nitrogens with zero attached hydrogens (tertiary/aromatic N) is 2. The van der Waals surface area contributed by atoms with Gasteiger partial charge in [0.05, 0.1) is 24.2 Å². The molecule has 6 nitrogen and oxygen atoms in total. The van der Waals surface area contributed by atoms with Crippen LogP contribution in [-0.4, -0.2) is 43.0 Å². The fraction of sp³-hybridized carbons (Fsp3) is 0.600. The molecule has 17 heavy (non-hydrogen) atoms. The van der Waals surface area contributed by atoms with Crippen molar-refractivity contribution in [3.63, 3.8) is 0 Å². The SMILES string of the molecule is COc1ncnc(NC2CCS(=O)(=O)C2)c1C. The Morgan fingerprint density at radius 1 is 1.47 bits per heavy atom. The fourth-order valence-electron chi connectivity index (χ4n) is 1.89. The largest absolute Gasteiger partial charge is 0.481 e. The minimum Gasteiger partial charge on any atom is -0.481 e. The van der Waals surface area contributed by atoms with Crippen LogP contribution in [-0.2, 0) is 9.84 Å². The standard InChI is InChI=1S/C10H15N3O3S/c1-7-9(11-6-12-10(7)16-2)13-8-3-4-17(14,15)5-8/h6,8H,3-5H2,1-2H3,(H,11,12,13). The Hall–Kier alpha value is -1.37. The number of ether oxygens (including phenoxy) is 1. The number of aromatic nitrogens is 2. The number of methoxy groups -OCH3 is 1. The predicted molar refractivity (Wildman–Crippen MR) is 64.0 cm³/mol. The number of sulfone groups is 1. The van der Waals surface area contributed by atoms with E-state index in [2.05, 4.69) is 15.3 Å². The molecule has 1 aromatic rings. The number of nitrogens with one attached hydrogen (secondary N) is 1. The van der Waals surface area contributed by atoms with E-state index in [0.29, 0.717) is 18.1 Å². The molecule has 1 unspecified atom stereocenters. The molecule has 0 radical (unpaired) electrons. The van der Waals surface area contributed by atoms with Crippen molar-refractivity contribution in [2.45, 2.75) is 19.4 Å². The third-order valence-electron chi connectivity index (χ3n) is 2.80. The third kappa shape index (κ3) is 2.66. The van der Waals surface area contributed by atoms with E-state index in [4.69, 9.17) is 4.74 Å². The van der Waals surface area contributed by atoms with E-state index < -0.39 is 9.84 Å². The van der Waals surface area contributed by atoms with Crippen LogP contribution in [0, 0.1) is 6.92 Å². The van der Waals surface area contributed by atoms with Gasteiger partial charge in [0.25, 0.3) is 0 Å². The van der Waals surface area contributed by atoms with Crippen molar-refractivity contribution in [3.05, 3.63) is 11.9 Å². The van der Waals surface area contributed by atoms with Crippen LogP contribution in [0.15, 0.2) is 6.33 Å². The summed E-state index contributed by atoms with van der Waals surface area (Å²) in [6.45, 7) is 1.84. The van der Waals surface area contributed by atoms with Crippen LogP contribution in [0.1, 0.15) is 12.0 Å². The number of hydrogen-bond donors (Lipinski definition) is 1. The lowest BCUT2D eigenvalue weighted by molar-refractivity contribution is 0.393. The van der Waals surface area contributed by atoms with Crippen LogP contribution in [0.25, 0.3) is 0 Å². The lowest BCUT2D eigenvalue weighted by atomic mass is 10.2. The van der Waals surface area contributed by atoms with E-state index >= 15 is 0 Å². The number of anilines is 1. The van der Waals surface area contributed by atoms with Gasteiger partial charge >= 0.3 is 0 Å². The topological polar surface area (TPSA) is 81.2 Å². The molecule has 0 saturated carbocycles.